The van der Waals surface area contributed by atoms with Crippen molar-refractivity contribution in [1.29, 1.82) is 0 Å². The van der Waals surface area contributed by atoms with Crippen LogP contribution in [0.15, 0.2) is 30.3 Å². The molecule has 0 radical (unpaired) electrons. The minimum Gasteiger partial charge on any atom is -0.369 e. The first kappa shape index (κ1) is 12.2. The predicted molar refractivity (Wildman–Crippen MR) is 69.5 cm³/mol. The number of carbonyl (C=O) groups is 1. The van der Waals surface area contributed by atoms with Gasteiger partial charge >= 0.3 is 0 Å². The maximum Gasteiger partial charge on any atom is 0.220 e. The van der Waals surface area contributed by atoms with Crippen LogP contribution in [0.2, 0.25) is 0 Å². The third kappa shape index (κ3) is 2.68. The van der Waals surface area contributed by atoms with Gasteiger partial charge in [-0.25, -0.2) is 0 Å². The largest absolute Gasteiger partial charge is 0.369 e. The highest BCUT2D eigenvalue weighted by Crippen LogP contribution is 2.41. The third-order valence-corrected chi connectivity index (χ3v) is 4.14. The molecule has 1 fully saturated rings. The van der Waals surface area contributed by atoms with Crippen molar-refractivity contribution in [3.8, 4) is 0 Å². The zero-order valence-corrected chi connectivity index (χ0v) is 10.4. The van der Waals surface area contributed by atoms with Crippen molar-refractivity contribution in [2.24, 2.45) is 17.6 Å². The lowest BCUT2D eigenvalue weighted by atomic mass is 9.70. The maximum atomic E-state index is 11.4. The number of rotatable bonds is 3. The molecular formula is C15H21NO. The smallest absolute Gasteiger partial charge is 0.220 e. The number of benzene rings is 1. The van der Waals surface area contributed by atoms with Gasteiger partial charge in [-0.1, -0.05) is 50.1 Å². The first-order valence-corrected chi connectivity index (χ1v) is 6.54. The summed E-state index contributed by atoms with van der Waals surface area (Å²) >= 11 is 0. The molecule has 2 nitrogen and oxygen atoms in total. The standard InChI is InChI=1S/C15H21NO/c1-11(15(16)17)13-9-5-6-10-14(13)12-7-3-2-4-8-12/h2-4,7-8,11,13-14H,5-6,9-10H2,1H3,(H2,16,17). The second-order valence-electron chi connectivity index (χ2n) is 5.16. The fourth-order valence-electron chi connectivity index (χ4n) is 3.08. The van der Waals surface area contributed by atoms with Gasteiger partial charge in [-0.05, 0) is 30.2 Å². The molecule has 1 aromatic carbocycles. The fourth-order valence-corrected chi connectivity index (χ4v) is 3.08. The van der Waals surface area contributed by atoms with Gasteiger partial charge in [0, 0.05) is 5.92 Å². The molecule has 0 aliphatic heterocycles. The molecule has 0 aromatic heterocycles. The number of nitrogens with two attached hydrogens (primary N) is 1. The second-order valence-corrected chi connectivity index (χ2v) is 5.16. The Bertz CT molecular complexity index is 374. The van der Waals surface area contributed by atoms with Crippen LogP contribution < -0.4 is 5.73 Å². The Hall–Kier alpha value is -1.31. The molecule has 1 aromatic rings. The summed E-state index contributed by atoms with van der Waals surface area (Å²) in [5.74, 6) is 0.759. The summed E-state index contributed by atoms with van der Waals surface area (Å²) in [7, 11) is 0. The van der Waals surface area contributed by atoms with E-state index in [9.17, 15) is 4.79 Å². The van der Waals surface area contributed by atoms with Crippen molar-refractivity contribution in [1.82, 2.24) is 0 Å². The van der Waals surface area contributed by atoms with E-state index < -0.39 is 0 Å². The highest BCUT2D eigenvalue weighted by molar-refractivity contribution is 5.76. The average Bonchev–Trinajstić information content (AvgIpc) is 2.39. The lowest BCUT2D eigenvalue weighted by molar-refractivity contribution is -0.123. The van der Waals surface area contributed by atoms with Crippen LogP contribution in [0, 0.1) is 11.8 Å². The molecule has 0 spiro atoms. The summed E-state index contributed by atoms with van der Waals surface area (Å²) in [5.41, 5.74) is 6.83. The molecule has 17 heavy (non-hydrogen) atoms. The van der Waals surface area contributed by atoms with Crippen LogP contribution in [0.25, 0.3) is 0 Å². The average molecular weight is 231 g/mol. The maximum absolute atomic E-state index is 11.4. The molecule has 3 unspecified atom stereocenters. The SMILES string of the molecule is CC(C(N)=O)C1CCCCC1c1ccccc1. The van der Waals surface area contributed by atoms with Gasteiger partial charge in [0.25, 0.3) is 0 Å². The van der Waals surface area contributed by atoms with E-state index >= 15 is 0 Å². The van der Waals surface area contributed by atoms with Gasteiger partial charge in [0.2, 0.25) is 5.91 Å². The number of hydrogen-bond donors (Lipinski definition) is 1. The van der Waals surface area contributed by atoms with Crippen LogP contribution in [-0.2, 0) is 4.79 Å². The molecule has 1 saturated carbocycles. The van der Waals surface area contributed by atoms with E-state index in [4.69, 9.17) is 5.73 Å². The van der Waals surface area contributed by atoms with E-state index in [1.807, 2.05) is 13.0 Å². The Morgan fingerprint density at radius 3 is 2.53 bits per heavy atom. The molecule has 2 heteroatoms. The molecule has 0 heterocycles. The molecule has 0 saturated heterocycles. The topological polar surface area (TPSA) is 43.1 Å². The Labute approximate surface area is 103 Å². The van der Waals surface area contributed by atoms with Gasteiger partial charge in [0.15, 0.2) is 0 Å². The van der Waals surface area contributed by atoms with Crippen LogP contribution in [0.5, 0.6) is 0 Å². The van der Waals surface area contributed by atoms with Gasteiger partial charge in [-0.15, -0.1) is 0 Å². The predicted octanol–water partition coefficient (Wildman–Crippen LogP) is 3.08. The first-order chi connectivity index (χ1) is 8.20. The van der Waals surface area contributed by atoms with E-state index in [1.165, 1.54) is 24.8 Å². The zero-order valence-electron chi connectivity index (χ0n) is 10.4. The normalized spacial score (nSPS) is 26.4. The number of amides is 1. The lowest BCUT2D eigenvalue weighted by Gasteiger charge is -2.34. The fraction of sp³-hybridized carbons (Fsp3) is 0.533. The number of carbonyl (C=O) groups excluding carboxylic acids is 1. The van der Waals surface area contributed by atoms with Gasteiger partial charge in [0.05, 0.1) is 0 Å². The number of primary amides is 1. The van der Waals surface area contributed by atoms with Crippen LogP contribution in [0.1, 0.15) is 44.1 Å². The molecule has 92 valence electrons. The van der Waals surface area contributed by atoms with Crippen molar-refractivity contribution in [3.63, 3.8) is 0 Å². The summed E-state index contributed by atoms with van der Waals surface area (Å²) in [6, 6.07) is 10.6. The highest BCUT2D eigenvalue weighted by atomic mass is 16.1. The summed E-state index contributed by atoms with van der Waals surface area (Å²) < 4.78 is 0. The van der Waals surface area contributed by atoms with Crippen LogP contribution >= 0.6 is 0 Å². The third-order valence-electron chi connectivity index (χ3n) is 4.14. The van der Waals surface area contributed by atoms with Crippen LogP contribution in [-0.4, -0.2) is 5.91 Å². The van der Waals surface area contributed by atoms with Crippen LogP contribution in [0.3, 0.4) is 0 Å². The Balaban J connectivity index is 2.21. The van der Waals surface area contributed by atoms with Gasteiger partial charge < -0.3 is 5.73 Å². The monoisotopic (exact) mass is 231 g/mol. The molecule has 1 aliphatic rings. The summed E-state index contributed by atoms with van der Waals surface area (Å²) in [6.45, 7) is 1.98. The van der Waals surface area contributed by atoms with E-state index in [1.54, 1.807) is 0 Å². The Kier molecular flexibility index (Phi) is 3.82. The van der Waals surface area contributed by atoms with E-state index in [0.29, 0.717) is 11.8 Å². The van der Waals surface area contributed by atoms with Crippen molar-refractivity contribution >= 4 is 5.91 Å². The second kappa shape index (κ2) is 5.35. The summed E-state index contributed by atoms with van der Waals surface area (Å²) in [4.78, 5) is 11.4. The highest BCUT2D eigenvalue weighted by Gasteiger charge is 2.32. The lowest BCUT2D eigenvalue weighted by Crippen LogP contribution is -2.33. The number of hydrogen-bond acceptors (Lipinski definition) is 1. The van der Waals surface area contributed by atoms with Gasteiger partial charge in [0.1, 0.15) is 0 Å². The van der Waals surface area contributed by atoms with Crippen molar-refractivity contribution in [2.75, 3.05) is 0 Å². The molecule has 0 bridgehead atoms. The van der Waals surface area contributed by atoms with Gasteiger partial charge in [-0.3, -0.25) is 4.79 Å². The van der Waals surface area contributed by atoms with Crippen molar-refractivity contribution in [2.45, 2.75) is 38.5 Å². The van der Waals surface area contributed by atoms with Gasteiger partial charge in [-0.2, -0.15) is 0 Å². The zero-order chi connectivity index (χ0) is 12.3. The van der Waals surface area contributed by atoms with Crippen molar-refractivity contribution in [3.05, 3.63) is 35.9 Å². The Morgan fingerprint density at radius 1 is 1.24 bits per heavy atom. The van der Waals surface area contributed by atoms with E-state index in [0.717, 1.165) is 6.42 Å². The molecule has 1 aliphatic carbocycles. The first-order valence-electron chi connectivity index (χ1n) is 6.54. The molecule has 2 N–H and O–H groups in total. The van der Waals surface area contributed by atoms with E-state index in [2.05, 4.69) is 24.3 Å². The molecule has 3 atom stereocenters. The molecule has 2 rings (SSSR count). The quantitative estimate of drug-likeness (QED) is 0.853. The molecule has 1 amide bonds. The summed E-state index contributed by atoms with van der Waals surface area (Å²) in [5, 5.41) is 0. The van der Waals surface area contributed by atoms with Crippen molar-refractivity contribution < 1.29 is 4.79 Å². The minimum absolute atomic E-state index is 0.0134. The molecular weight excluding hydrogens is 210 g/mol. The Morgan fingerprint density at radius 2 is 1.88 bits per heavy atom. The van der Waals surface area contributed by atoms with E-state index in [-0.39, 0.29) is 11.8 Å². The van der Waals surface area contributed by atoms with Crippen LogP contribution in [0.4, 0.5) is 0 Å². The summed E-state index contributed by atoms with van der Waals surface area (Å²) in [6.07, 6.45) is 4.81. The minimum atomic E-state index is -0.155.